The zero-order valence-electron chi connectivity index (χ0n) is 10.1. The number of ether oxygens (including phenoxy) is 2. The second-order valence-electron chi connectivity index (χ2n) is 4.08. The predicted molar refractivity (Wildman–Crippen MR) is 74.0 cm³/mol. The van der Waals surface area contributed by atoms with Gasteiger partial charge in [-0.05, 0) is 18.2 Å². The van der Waals surface area contributed by atoms with Gasteiger partial charge in [0, 0.05) is 28.8 Å². The molecule has 7 heteroatoms. The number of nitrogens with one attached hydrogen (secondary N) is 2. The molecule has 0 spiro atoms. The number of halogens is 2. The molecule has 5 nitrogen and oxygen atoms in total. The molecule has 1 aromatic carbocycles. The first kappa shape index (κ1) is 14.4. The van der Waals surface area contributed by atoms with Gasteiger partial charge in [-0.3, -0.25) is 5.32 Å². The summed E-state index contributed by atoms with van der Waals surface area (Å²) in [4.78, 5) is 11.6. The van der Waals surface area contributed by atoms with Crippen molar-refractivity contribution in [3.63, 3.8) is 0 Å². The van der Waals surface area contributed by atoms with Crippen LogP contribution in [0.4, 0.5) is 10.5 Å². The van der Waals surface area contributed by atoms with Gasteiger partial charge in [-0.15, -0.1) is 0 Å². The number of morpholine rings is 1. The minimum Gasteiger partial charge on any atom is -0.446 e. The van der Waals surface area contributed by atoms with E-state index in [1.807, 2.05) is 0 Å². The summed E-state index contributed by atoms with van der Waals surface area (Å²) in [6.45, 7) is 2.33. The molecule has 1 amide bonds. The molecule has 104 valence electrons. The molecule has 1 unspecified atom stereocenters. The van der Waals surface area contributed by atoms with Crippen molar-refractivity contribution in [2.45, 2.75) is 6.10 Å². The van der Waals surface area contributed by atoms with Crippen LogP contribution in [0.1, 0.15) is 0 Å². The van der Waals surface area contributed by atoms with Gasteiger partial charge in [-0.25, -0.2) is 4.79 Å². The molecule has 1 saturated heterocycles. The van der Waals surface area contributed by atoms with Gasteiger partial charge in [-0.1, -0.05) is 23.2 Å². The van der Waals surface area contributed by atoms with Gasteiger partial charge in [0.25, 0.3) is 0 Å². The van der Waals surface area contributed by atoms with Gasteiger partial charge in [-0.2, -0.15) is 0 Å². The van der Waals surface area contributed by atoms with Gasteiger partial charge in [0.1, 0.15) is 12.7 Å². The quantitative estimate of drug-likeness (QED) is 0.901. The standard InChI is InChI=1S/C12H14Cl2N2O3/c13-8-3-9(14)5-10(4-8)16-12(17)19-7-11-6-15-1-2-18-11/h3-5,11,15H,1-2,6-7H2,(H,16,17). The van der Waals surface area contributed by atoms with E-state index in [-0.39, 0.29) is 12.7 Å². The van der Waals surface area contributed by atoms with Crippen molar-refractivity contribution in [3.8, 4) is 0 Å². The van der Waals surface area contributed by atoms with Crippen molar-refractivity contribution in [3.05, 3.63) is 28.2 Å². The summed E-state index contributed by atoms with van der Waals surface area (Å²) in [6, 6.07) is 4.77. The maximum Gasteiger partial charge on any atom is 0.411 e. The number of hydrogen-bond donors (Lipinski definition) is 2. The lowest BCUT2D eigenvalue weighted by molar-refractivity contribution is -0.00984. The second-order valence-corrected chi connectivity index (χ2v) is 4.95. The lowest BCUT2D eigenvalue weighted by Crippen LogP contribution is -2.41. The van der Waals surface area contributed by atoms with Crippen LogP contribution in [0.15, 0.2) is 18.2 Å². The molecule has 0 bridgehead atoms. The van der Waals surface area contributed by atoms with Crippen molar-refractivity contribution in [2.24, 2.45) is 0 Å². The van der Waals surface area contributed by atoms with Crippen molar-refractivity contribution in [1.82, 2.24) is 5.32 Å². The molecular formula is C12H14Cl2N2O3. The third-order valence-electron chi connectivity index (χ3n) is 2.51. The Hall–Kier alpha value is -1.01. The number of benzene rings is 1. The first-order valence-electron chi connectivity index (χ1n) is 5.85. The Morgan fingerprint density at radius 1 is 1.42 bits per heavy atom. The lowest BCUT2D eigenvalue weighted by atomic mass is 10.3. The zero-order valence-corrected chi connectivity index (χ0v) is 11.6. The maximum absolute atomic E-state index is 11.6. The van der Waals surface area contributed by atoms with Crippen molar-refractivity contribution >= 4 is 35.0 Å². The molecule has 0 saturated carbocycles. The highest BCUT2D eigenvalue weighted by Gasteiger charge is 2.15. The van der Waals surface area contributed by atoms with Crippen LogP contribution < -0.4 is 10.6 Å². The molecule has 1 fully saturated rings. The lowest BCUT2D eigenvalue weighted by Gasteiger charge is -2.23. The van der Waals surface area contributed by atoms with Gasteiger partial charge in [0.15, 0.2) is 0 Å². The first-order chi connectivity index (χ1) is 9.13. The fourth-order valence-corrected chi connectivity index (χ4v) is 2.20. The minimum absolute atomic E-state index is 0.109. The van der Waals surface area contributed by atoms with E-state index in [1.54, 1.807) is 18.2 Å². The fourth-order valence-electron chi connectivity index (χ4n) is 1.68. The van der Waals surface area contributed by atoms with Crippen molar-refractivity contribution in [2.75, 3.05) is 31.6 Å². The van der Waals surface area contributed by atoms with Crippen LogP contribution >= 0.6 is 23.2 Å². The minimum atomic E-state index is -0.562. The summed E-state index contributed by atoms with van der Waals surface area (Å²) in [5.74, 6) is 0. The largest absolute Gasteiger partial charge is 0.446 e. The van der Waals surface area contributed by atoms with Crippen molar-refractivity contribution < 1.29 is 14.3 Å². The number of amides is 1. The van der Waals surface area contributed by atoms with Crippen LogP contribution in [0, 0.1) is 0 Å². The Labute approximate surface area is 121 Å². The molecule has 1 aromatic rings. The van der Waals surface area contributed by atoms with E-state index < -0.39 is 6.09 Å². The molecule has 1 atom stereocenters. The third-order valence-corrected chi connectivity index (χ3v) is 2.95. The first-order valence-corrected chi connectivity index (χ1v) is 6.61. The van der Waals surface area contributed by atoms with E-state index in [0.717, 1.165) is 6.54 Å². The topological polar surface area (TPSA) is 59.6 Å². The third kappa shape index (κ3) is 4.87. The van der Waals surface area contributed by atoms with Gasteiger partial charge >= 0.3 is 6.09 Å². The molecule has 2 rings (SSSR count). The Morgan fingerprint density at radius 2 is 2.16 bits per heavy atom. The maximum atomic E-state index is 11.6. The molecular weight excluding hydrogens is 291 g/mol. The van der Waals surface area contributed by atoms with E-state index in [0.29, 0.717) is 28.9 Å². The number of rotatable bonds is 3. The normalized spacial score (nSPS) is 18.9. The van der Waals surface area contributed by atoms with E-state index in [4.69, 9.17) is 32.7 Å². The van der Waals surface area contributed by atoms with E-state index in [2.05, 4.69) is 10.6 Å². The number of anilines is 1. The van der Waals surface area contributed by atoms with E-state index in [1.165, 1.54) is 0 Å². The van der Waals surface area contributed by atoms with Crippen LogP contribution in [0.3, 0.4) is 0 Å². The number of carbonyl (C=O) groups excluding carboxylic acids is 1. The Balaban J connectivity index is 1.80. The summed E-state index contributed by atoms with van der Waals surface area (Å²) in [5.41, 5.74) is 0.491. The zero-order chi connectivity index (χ0) is 13.7. The number of hydrogen-bond acceptors (Lipinski definition) is 4. The molecule has 0 aliphatic carbocycles. The van der Waals surface area contributed by atoms with Gasteiger partial charge in [0.2, 0.25) is 0 Å². The monoisotopic (exact) mass is 304 g/mol. The average Bonchev–Trinajstić information content (AvgIpc) is 2.36. The summed E-state index contributed by atoms with van der Waals surface area (Å²) >= 11 is 11.7. The summed E-state index contributed by atoms with van der Waals surface area (Å²) in [5, 5.41) is 6.60. The average molecular weight is 305 g/mol. The summed E-state index contributed by atoms with van der Waals surface area (Å²) < 4.78 is 10.5. The van der Waals surface area contributed by atoms with Gasteiger partial charge in [0.05, 0.1) is 6.61 Å². The highest BCUT2D eigenvalue weighted by molar-refractivity contribution is 6.35. The predicted octanol–water partition coefficient (Wildman–Crippen LogP) is 2.53. The number of carbonyl (C=O) groups is 1. The van der Waals surface area contributed by atoms with E-state index >= 15 is 0 Å². The van der Waals surface area contributed by atoms with Gasteiger partial charge < -0.3 is 14.8 Å². The summed E-state index contributed by atoms with van der Waals surface area (Å²) in [7, 11) is 0. The van der Waals surface area contributed by atoms with Crippen LogP contribution in [0.25, 0.3) is 0 Å². The second kappa shape index (κ2) is 6.96. The molecule has 1 heterocycles. The SMILES string of the molecule is O=C(Nc1cc(Cl)cc(Cl)c1)OCC1CNCCO1. The molecule has 19 heavy (non-hydrogen) atoms. The molecule has 2 N–H and O–H groups in total. The fraction of sp³-hybridized carbons (Fsp3) is 0.417. The summed E-state index contributed by atoms with van der Waals surface area (Å²) in [6.07, 6.45) is -0.671. The Bertz CT molecular complexity index is 430. The molecule has 1 aliphatic rings. The van der Waals surface area contributed by atoms with Crippen LogP contribution in [-0.2, 0) is 9.47 Å². The molecule has 0 aromatic heterocycles. The highest BCUT2D eigenvalue weighted by Crippen LogP contribution is 2.22. The Kier molecular flexibility index (Phi) is 5.27. The highest BCUT2D eigenvalue weighted by atomic mass is 35.5. The molecule has 0 radical (unpaired) electrons. The van der Waals surface area contributed by atoms with E-state index in [9.17, 15) is 4.79 Å². The van der Waals surface area contributed by atoms with Crippen LogP contribution in [0.2, 0.25) is 10.0 Å². The molecule has 1 aliphatic heterocycles. The van der Waals surface area contributed by atoms with Crippen LogP contribution in [0.5, 0.6) is 0 Å². The van der Waals surface area contributed by atoms with Crippen LogP contribution in [-0.4, -0.2) is 38.5 Å². The Morgan fingerprint density at radius 3 is 2.79 bits per heavy atom. The van der Waals surface area contributed by atoms with Crippen molar-refractivity contribution in [1.29, 1.82) is 0 Å². The smallest absolute Gasteiger partial charge is 0.411 e.